The third kappa shape index (κ3) is 19.6. The third-order valence-corrected chi connectivity index (χ3v) is 26.3. The Morgan fingerprint density at radius 3 is 1.61 bits per heavy atom. The van der Waals surface area contributed by atoms with Gasteiger partial charge in [0, 0.05) is 62.5 Å². The summed E-state index contributed by atoms with van der Waals surface area (Å²) >= 11 is 31.2. The summed E-state index contributed by atoms with van der Waals surface area (Å²) in [4.78, 5) is 140. The summed E-state index contributed by atoms with van der Waals surface area (Å²) in [6.07, 6.45) is -11.7. The SMILES string of the molecule is CNOP(O)(=S)OC[C@H]1O[C@@H](n2cnc3c(=O)[nH]c(N)nc32)CC1OP(=O)(S)OC[C@H]1O[C@@H](n2cc(C)c(=O)[nH]c2=O)CC1OP(=S)(S)OC[C@H]1O[C@@H](n2cnc3c(=O)[nH]c(N)nc32)CC1OP(O)(=S)OC[C@H]1O[C@@H](N2C=C(C)C(=O)NC2O)CC1OP(O)(=S)OC[C@H]1O[C@@H](n2ccc(N)nc2=O)CC1C(C)C. The van der Waals surface area contributed by atoms with Crippen molar-refractivity contribution in [2.75, 3.05) is 57.3 Å². The molecule has 5 saturated heterocycles. The van der Waals surface area contributed by atoms with E-state index < -0.39 is 185 Å². The number of carbonyl (C=O) groups is 1. The first-order valence-electron chi connectivity index (χ1n) is 32.6. The molecule has 6 aliphatic heterocycles. The zero-order valence-electron chi connectivity index (χ0n) is 57.1. The number of nitrogens with one attached hydrogen (secondary N) is 5. The summed E-state index contributed by atoms with van der Waals surface area (Å²) in [5.41, 5.74) is 12.4. The number of aromatic amines is 3. The molecule has 6 aromatic heterocycles. The number of carbonyl (C=O) groups excluding carboxylic acids is 1. The third-order valence-electron chi connectivity index (χ3n) is 17.9. The smallest absolute Gasteiger partial charge is 0.383 e. The summed E-state index contributed by atoms with van der Waals surface area (Å²) in [5.74, 6) is -1.25. The molecule has 0 saturated carbocycles. The summed E-state index contributed by atoms with van der Waals surface area (Å²) in [7, 11) is 1.34. The second-order valence-electron chi connectivity index (χ2n) is 25.6. The van der Waals surface area contributed by atoms with Gasteiger partial charge in [-0.2, -0.15) is 20.4 Å². The lowest BCUT2D eigenvalue weighted by atomic mass is 9.89. The Morgan fingerprint density at radius 1 is 0.611 bits per heavy atom. The number of H-pyrrole nitrogens is 3. The number of amides is 1. The second kappa shape index (κ2) is 33.5. The van der Waals surface area contributed by atoms with Gasteiger partial charge in [0.25, 0.3) is 22.6 Å². The molecule has 1 amide bonds. The van der Waals surface area contributed by atoms with Crippen molar-refractivity contribution in [1.82, 2.24) is 73.8 Å². The van der Waals surface area contributed by atoms with Gasteiger partial charge < -0.3 is 103 Å². The van der Waals surface area contributed by atoms with E-state index in [2.05, 4.69) is 75.2 Å². The Morgan fingerprint density at radius 2 is 1.07 bits per heavy atom. The number of rotatable bonds is 31. The fraction of sp³-hybridized carbons (Fsp3) is 0.604. The molecular formula is C53H75N18O26P5S6. The van der Waals surface area contributed by atoms with Gasteiger partial charge in [0.15, 0.2) is 22.3 Å². The number of ether oxygens (including phenoxy) is 5. The summed E-state index contributed by atoms with van der Waals surface area (Å²) in [6, 6.07) is 1.46. The van der Waals surface area contributed by atoms with Crippen molar-refractivity contribution in [3.05, 3.63) is 100 Å². The number of thiol groups is 2. The number of imidazole rings is 2. The number of hydrogen-bond acceptors (Lipinski definition) is 37. The Hall–Kier alpha value is -4.60. The minimum atomic E-state index is -4.60. The number of nitrogens with zero attached hydrogens (tertiary/aromatic N) is 10. The number of aliphatic hydroxyl groups is 1. The molecule has 108 heavy (non-hydrogen) atoms. The maximum Gasteiger partial charge on any atom is 0.386 e. The van der Waals surface area contributed by atoms with E-state index in [-0.39, 0.29) is 95.3 Å². The van der Waals surface area contributed by atoms with Crippen molar-refractivity contribution >= 4 is 150 Å². The van der Waals surface area contributed by atoms with Crippen LogP contribution in [0.15, 0.2) is 66.9 Å². The molecule has 12 heterocycles. The first-order valence-corrected chi connectivity index (χ1v) is 46.9. The highest BCUT2D eigenvalue weighted by molar-refractivity contribution is 8.60. The lowest BCUT2D eigenvalue weighted by molar-refractivity contribution is -0.143. The predicted molar refractivity (Wildman–Crippen MR) is 398 cm³/mol. The fourth-order valence-corrected chi connectivity index (χ4v) is 20.3. The van der Waals surface area contributed by atoms with Crippen LogP contribution in [-0.4, -0.2) is 196 Å². The highest BCUT2D eigenvalue weighted by Crippen LogP contribution is 2.60. The standard InChI is InChI=1S/C53H75N18O26P5S6/c1-22(2)25-8-36(67-7-6-35(54)60-51(67)76)88-30(25)15-83-98(79,103)93-26-9-37(68-13-23(3)45(72)65-52(68)77)89-31(26)16-84-99(80,104)95-28-11-40(71-21-59-42-44(71)62-50(56)64-48(42)75)92-34(28)19-87-102(107,108)96-29-12-38(69-14-24(4)46(73)66-53(69)78)90-33(29)17-85-100(81,105)94-27-10-39(91-32(27)18-86-101(82,106)97-57-5)70-20-58-41-43(70)61-49(55)63-47(41)74/h6-7,13-14,20-22,25-34,36-40,52,57,77H,8-12,15-19H2,1-5H3,(H,65,72)(H,79,103)(H,80,104)(H,81,105)(H,82,106)(H,107,108)(H2,54,60,76)(H,66,73,78)(H3,55,61,63,74)(H3,56,62,64,75)/t25?,26?,27?,28?,29?,30-,31-,32-,33-,34-,36-,37-,38-,39-,40-,52?,98?,99?,100?,101?/m1/s1. The molecule has 12 rings (SSSR count). The average molecular weight is 1730 g/mol. The molecule has 6 aliphatic rings. The lowest BCUT2D eigenvalue weighted by Gasteiger charge is -2.35. The summed E-state index contributed by atoms with van der Waals surface area (Å²) in [5, 5.41) is 13.5. The number of nitrogen functional groups attached to an aromatic ring is 3. The van der Waals surface area contributed by atoms with Crippen LogP contribution in [0.4, 0.5) is 17.7 Å². The normalized spacial score (nSPS) is 30.4. The van der Waals surface area contributed by atoms with E-state index in [4.69, 9.17) is 133 Å². The van der Waals surface area contributed by atoms with E-state index in [0.717, 1.165) is 4.57 Å². The van der Waals surface area contributed by atoms with Crippen LogP contribution in [0, 0.1) is 18.8 Å². The van der Waals surface area contributed by atoms with E-state index in [0.29, 0.717) is 6.42 Å². The van der Waals surface area contributed by atoms with Crippen LogP contribution in [0.1, 0.15) is 83.4 Å². The van der Waals surface area contributed by atoms with E-state index in [1.807, 2.05) is 13.8 Å². The molecular weight excluding hydrogens is 1650 g/mol. The first kappa shape index (κ1) is 82.8. The van der Waals surface area contributed by atoms with Crippen molar-refractivity contribution in [3.63, 3.8) is 0 Å². The van der Waals surface area contributed by atoms with Crippen LogP contribution in [0.25, 0.3) is 22.3 Å². The Kier molecular flexibility index (Phi) is 25.7. The molecule has 11 unspecified atom stereocenters. The van der Waals surface area contributed by atoms with Crippen LogP contribution in [0.5, 0.6) is 0 Å². The van der Waals surface area contributed by atoms with Crippen molar-refractivity contribution < 1.29 is 98.2 Å². The molecule has 0 radical (unpaired) electrons. The Balaban J connectivity index is 0.754. The molecule has 15 N–H and O–H groups in total. The van der Waals surface area contributed by atoms with Gasteiger partial charge in [-0.1, -0.05) is 38.3 Å². The van der Waals surface area contributed by atoms with Gasteiger partial charge in [0.1, 0.15) is 67.5 Å². The molecule has 44 nitrogen and oxygen atoms in total. The zero-order valence-corrected chi connectivity index (χ0v) is 66.6. The number of anilines is 3. The van der Waals surface area contributed by atoms with E-state index in [1.165, 1.54) is 76.8 Å². The zero-order chi connectivity index (χ0) is 77.9. The molecule has 0 bridgehead atoms. The summed E-state index contributed by atoms with van der Waals surface area (Å²) < 4.78 is 111. The quantitative estimate of drug-likeness (QED) is 0.0163. The van der Waals surface area contributed by atoms with E-state index in [1.54, 1.807) is 0 Å². The number of hydrogen-bond donors (Lipinski definition) is 14. The highest BCUT2D eigenvalue weighted by Gasteiger charge is 2.50. The average Bonchev–Trinajstić information content (AvgIpc) is 1.60. The Labute approximate surface area is 640 Å². The number of aromatic nitrogens is 12. The van der Waals surface area contributed by atoms with Gasteiger partial charge in [-0.15, -0.1) is 0 Å². The minimum Gasteiger partial charge on any atom is -0.383 e. The molecule has 594 valence electrons. The van der Waals surface area contributed by atoms with Crippen LogP contribution in [0.2, 0.25) is 0 Å². The molecule has 0 aliphatic carbocycles. The number of fused-ring (bicyclic) bond motifs is 2. The molecule has 0 aromatic carbocycles. The van der Waals surface area contributed by atoms with Crippen molar-refractivity contribution in [3.8, 4) is 0 Å². The number of aryl methyl sites for hydroxylation is 1. The van der Waals surface area contributed by atoms with Crippen molar-refractivity contribution in [1.29, 1.82) is 0 Å². The van der Waals surface area contributed by atoms with Crippen molar-refractivity contribution in [2.24, 2.45) is 11.8 Å². The van der Waals surface area contributed by atoms with Crippen molar-refractivity contribution in [2.45, 2.75) is 152 Å². The van der Waals surface area contributed by atoms with Gasteiger partial charge in [-0.3, -0.25) is 61.4 Å². The second-order valence-corrected chi connectivity index (χ2v) is 42.1. The topological polar surface area (TPSA) is 576 Å². The maximum absolute atomic E-state index is 14.5. The fourth-order valence-electron chi connectivity index (χ4n) is 12.8. The largest absolute Gasteiger partial charge is 0.386 e. The Bertz CT molecular complexity index is 4980. The number of nitrogens with two attached hydrogens (primary N) is 3. The number of hydroxylamine groups is 1. The maximum atomic E-state index is 14.5. The molecule has 5 fully saturated rings. The van der Waals surface area contributed by atoms with Gasteiger partial charge in [0.05, 0.1) is 70.1 Å². The van der Waals surface area contributed by atoms with Crippen LogP contribution < -0.4 is 56.1 Å². The predicted octanol–water partition coefficient (Wildman–Crippen LogP) is 0.881. The lowest BCUT2D eigenvalue weighted by Crippen LogP contribution is -2.53. The minimum absolute atomic E-state index is 0.00147. The molecule has 6 aromatic rings. The molecule has 55 heteroatoms. The highest BCUT2D eigenvalue weighted by atomic mass is 32.9. The molecule has 21 atom stereocenters. The van der Waals surface area contributed by atoms with Gasteiger partial charge in [-0.05, 0) is 85.4 Å². The van der Waals surface area contributed by atoms with Gasteiger partial charge in [0.2, 0.25) is 23.9 Å². The number of aliphatic hydroxyl groups excluding tert-OH is 1. The van der Waals surface area contributed by atoms with Crippen LogP contribution in [-0.2, 0) is 126 Å². The van der Waals surface area contributed by atoms with Crippen LogP contribution >= 0.6 is 57.1 Å². The molecule has 0 spiro atoms. The van der Waals surface area contributed by atoms with Gasteiger partial charge >= 0.3 is 38.3 Å². The van der Waals surface area contributed by atoms with E-state index in [9.17, 15) is 53.1 Å². The first-order chi connectivity index (χ1) is 50.8. The monoisotopic (exact) mass is 1730 g/mol. The van der Waals surface area contributed by atoms with Gasteiger partial charge in [-0.25, -0.2) is 28.7 Å². The van der Waals surface area contributed by atoms with Crippen LogP contribution in [0.3, 0.4) is 0 Å². The summed E-state index contributed by atoms with van der Waals surface area (Å²) in [6.45, 7) is -13.3. The van der Waals surface area contributed by atoms with E-state index >= 15 is 0 Å².